The summed E-state index contributed by atoms with van der Waals surface area (Å²) in [6, 6.07) is -6.49. The number of aliphatic hydroxyl groups excluding tert-OH is 1. The molecule has 3 aliphatic heterocycles. The number of carboxylic acids is 1. The standard InChI is InChI=1S/C66H108BrN19O15/c1-8-9-17-45(61(98)86-33-16-23-51(86)58(95)80-47(62(99)100)35-40-24-26-41(67)27-25-40)78-57(94)49-21-14-31-84(49)59(96)38(4)75-52(89)43(18-10-11-28-68)82-63(101)66(6,7)83-55(92)48(36-87)81-54(91)46(34-37(2)3)79-53(90)42(19-12-29-73-64(69)70)77-56(93)50-22-15-32-85(50)60(97)44(76-39(5)88)20-13-30-74-65(71)72/h24-27,37-38,42-51,87H,8-23,28-36,68H2,1-7H3,(H,75,89)(H,76,88)(H,77,93)(H,78,94)(H,79,90)(H,80,95)(H,81,91)(H,82,101)(H,83,92)(H,99,100)(H4,69,70,73)(H4,71,72,74)/t38-,42+,43+,44+,45+,46-,47+,48+,49+,50+,51+/m1/s1. The average Bonchev–Trinajstić information content (AvgIpc) is 1.81. The van der Waals surface area contributed by atoms with Crippen LogP contribution in [0.5, 0.6) is 0 Å². The van der Waals surface area contributed by atoms with Gasteiger partial charge in [-0.15, -0.1) is 0 Å². The van der Waals surface area contributed by atoms with E-state index in [4.69, 9.17) is 28.7 Å². The molecule has 4 rings (SSSR count). The van der Waals surface area contributed by atoms with E-state index in [1.165, 1.54) is 42.4 Å². The molecule has 564 valence electrons. The van der Waals surface area contributed by atoms with Crippen LogP contribution in [0.2, 0.25) is 0 Å². The largest absolute Gasteiger partial charge is 0.480 e. The second-order valence-electron chi connectivity index (χ2n) is 26.8. The number of nitrogens with two attached hydrogens (primary N) is 5. The van der Waals surface area contributed by atoms with E-state index in [2.05, 4.69) is 73.8 Å². The van der Waals surface area contributed by atoms with Gasteiger partial charge in [0.05, 0.1) is 6.61 Å². The van der Waals surface area contributed by atoms with Gasteiger partial charge in [0.2, 0.25) is 70.9 Å². The lowest BCUT2D eigenvalue weighted by molar-refractivity contribution is -0.145. The number of hydrogen-bond donors (Lipinski definition) is 16. The summed E-state index contributed by atoms with van der Waals surface area (Å²) in [5.41, 5.74) is 26.6. The zero-order valence-electron chi connectivity index (χ0n) is 59.1. The first-order valence-corrected chi connectivity index (χ1v) is 35.6. The predicted molar refractivity (Wildman–Crippen MR) is 377 cm³/mol. The average molecular weight is 1490 g/mol. The molecule has 12 amide bonds. The maximum atomic E-state index is 14.4. The maximum Gasteiger partial charge on any atom is 0.326 e. The normalized spacial score (nSPS) is 18.2. The molecule has 1 aromatic carbocycles. The van der Waals surface area contributed by atoms with Crippen molar-refractivity contribution in [1.82, 2.24) is 62.6 Å². The topological polar surface area (TPSA) is 535 Å². The Morgan fingerprint density at radius 2 is 0.990 bits per heavy atom. The summed E-state index contributed by atoms with van der Waals surface area (Å²) in [5.74, 6) is -10.5. The number of likely N-dealkylation sites (tertiary alicyclic amines) is 3. The van der Waals surface area contributed by atoms with E-state index in [0.29, 0.717) is 56.9 Å². The van der Waals surface area contributed by atoms with Crippen LogP contribution in [0.4, 0.5) is 0 Å². The molecule has 3 saturated heterocycles. The van der Waals surface area contributed by atoms with Gasteiger partial charge in [-0.05, 0) is 147 Å². The van der Waals surface area contributed by atoms with Gasteiger partial charge in [0, 0.05) is 50.5 Å². The Morgan fingerprint density at radius 1 is 0.554 bits per heavy atom. The number of amides is 12. The lowest BCUT2D eigenvalue weighted by Gasteiger charge is -2.32. The maximum absolute atomic E-state index is 14.4. The number of benzene rings is 1. The van der Waals surface area contributed by atoms with Crippen LogP contribution >= 0.6 is 15.9 Å². The number of carbonyl (C=O) groups is 13. The summed E-state index contributed by atoms with van der Waals surface area (Å²) >= 11 is 3.36. The molecule has 3 heterocycles. The van der Waals surface area contributed by atoms with Gasteiger partial charge in [-0.25, -0.2) is 4.79 Å². The third-order valence-electron chi connectivity index (χ3n) is 17.6. The molecule has 0 spiro atoms. The lowest BCUT2D eigenvalue weighted by atomic mass is 10.00. The van der Waals surface area contributed by atoms with Crippen LogP contribution in [0.25, 0.3) is 0 Å². The van der Waals surface area contributed by atoms with Crippen molar-refractivity contribution in [2.24, 2.45) is 44.6 Å². The van der Waals surface area contributed by atoms with Gasteiger partial charge in [0.1, 0.15) is 72.0 Å². The molecule has 34 nitrogen and oxygen atoms in total. The Kier molecular flexibility index (Phi) is 35.1. The molecule has 0 saturated carbocycles. The highest BCUT2D eigenvalue weighted by atomic mass is 79.9. The zero-order valence-corrected chi connectivity index (χ0v) is 60.7. The molecular weight excluding hydrogens is 1380 g/mol. The van der Waals surface area contributed by atoms with E-state index >= 15 is 0 Å². The van der Waals surface area contributed by atoms with Gasteiger partial charge < -0.3 is 101 Å². The minimum absolute atomic E-state index is 0.00197. The van der Waals surface area contributed by atoms with Crippen LogP contribution in [0, 0.1) is 5.92 Å². The first kappa shape index (κ1) is 84.7. The summed E-state index contributed by atoms with van der Waals surface area (Å²) in [5, 5.41) is 44.3. The Bertz CT molecular complexity index is 3090. The van der Waals surface area contributed by atoms with Gasteiger partial charge in [0.15, 0.2) is 11.9 Å². The minimum atomic E-state index is -1.85. The fourth-order valence-corrected chi connectivity index (χ4v) is 12.5. The van der Waals surface area contributed by atoms with Gasteiger partial charge in [0.25, 0.3) is 0 Å². The van der Waals surface area contributed by atoms with Crippen molar-refractivity contribution in [2.75, 3.05) is 45.9 Å². The van der Waals surface area contributed by atoms with Crippen molar-refractivity contribution in [3.05, 3.63) is 34.3 Å². The van der Waals surface area contributed by atoms with Gasteiger partial charge in [-0.2, -0.15) is 0 Å². The molecule has 0 aliphatic carbocycles. The van der Waals surface area contributed by atoms with E-state index in [1.807, 2.05) is 6.92 Å². The Hall–Kier alpha value is -8.73. The number of rotatable bonds is 41. The SMILES string of the molecule is CCCC[C@H](NC(=O)[C@@H]1CCCN1C(=O)[C@@H](C)NC(=O)[C@H](CCCCN)NC(=O)C(C)(C)NC(=O)[C@H](CO)NC(=O)[C@@H](CC(C)C)NC(=O)[C@H](CCCN=C(N)N)NC(=O)[C@@H]1CCCN1C(=O)[C@H](CCCN=C(N)N)NC(C)=O)C(=O)N1CCC[C@H]1C(=O)N[C@@H](Cc1ccc(Br)cc1)C(=O)O. The van der Waals surface area contributed by atoms with Gasteiger partial charge in [-0.1, -0.05) is 61.7 Å². The van der Waals surface area contributed by atoms with E-state index in [0.717, 1.165) is 4.47 Å². The number of carboxylic acid groups (broad SMARTS) is 1. The quantitative estimate of drug-likeness (QED) is 0.0181. The van der Waals surface area contributed by atoms with E-state index in [-0.39, 0.29) is 121 Å². The molecule has 0 bridgehead atoms. The summed E-state index contributed by atoms with van der Waals surface area (Å²) in [6.45, 7) is 10.7. The number of aliphatic carboxylic acids is 1. The van der Waals surface area contributed by atoms with Crippen molar-refractivity contribution in [3.63, 3.8) is 0 Å². The van der Waals surface area contributed by atoms with Crippen molar-refractivity contribution >= 4 is 105 Å². The summed E-state index contributed by atoms with van der Waals surface area (Å²) < 4.78 is 0.795. The number of halogens is 1. The molecule has 3 aliphatic rings. The summed E-state index contributed by atoms with van der Waals surface area (Å²) in [6.07, 6.45) is 4.74. The monoisotopic (exact) mass is 1490 g/mol. The van der Waals surface area contributed by atoms with E-state index < -0.39 is 155 Å². The Balaban J connectivity index is 1.43. The van der Waals surface area contributed by atoms with Crippen LogP contribution in [-0.4, -0.2) is 232 Å². The fourth-order valence-electron chi connectivity index (χ4n) is 12.2. The van der Waals surface area contributed by atoms with Crippen molar-refractivity contribution in [1.29, 1.82) is 0 Å². The molecular formula is C66H108BrN19O15. The predicted octanol–water partition coefficient (Wildman–Crippen LogP) is -2.67. The number of nitrogens with one attached hydrogen (secondary N) is 9. The second kappa shape index (κ2) is 41.9. The Labute approximate surface area is 598 Å². The van der Waals surface area contributed by atoms with Crippen molar-refractivity contribution < 1.29 is 72.5 Å². The molecule has 101 heavy (non-hydrogen) atoms. The lowest BCUT2D eigenvalue weighted by Crippen LogP contribution is -2.63. The Morgan fingerprint density at radius 3 is 1.47 bits per heavy atom. The number of nitrogens with zero attached hydrogens (tertiary/aromatic N) is 5. The van der Waals surface area contributed by atoms with Crippen molar-refractivity contribution in [3.8, 4) is 0 Å². The molecule has 1 aromatic rings. The first-order valence-electron chi connectivity index (χ1n) is 34.8. The number of unbranched alkanes of at least 4 members (excludes halogenated alkanes) is 2. The van der Waals surface area contributed by atoms with Crippen molar-refractivity contribution in [2.45, 2.75) is 236 Å². The van der Waals surface area contributed by atoms with E-state index in [9.17, 15) is 72.5 Å². The number of aliphatic imine (C=N–C) groups is 2. The highest BCUT2D eigenvalue weighted by molar-refractivity contribution is 9.10. The summed E-state index contributed by atoms with van der Waals surface area (Å²) in [4.78, 5) is 192. The van der Waals surface area contributed by atoms with Crippen LogP contribution in [0.3, 0.4) is 0 Å². The molecule has 3 fully saturated rings. The molecule has 11 atom stereocenters. The number of aliphatic hydroxyl groups is 1. The molecule has 0 aromatic heterocycles. The third-order valence-corrected chi connectivity index (χ3v) is 18.1. The summed E-state index contributed by atoms with van der Waals surface area (Å²) in [7, 11) is 0. The molecule has 0 radical (unpaired) electrons. The molecule has 0 unspecified atom stereocenters. The highest BCUT2D eigenvalue weighted by Gasteiger charge is 2.44. The van der Waals surface area contributed by atoms with Crippen LogP contribution in [-0.2, 0) is 68.7 Å². The smallest absolute Gasteiger partial charge is 0.326 e. The van der Waals surface area contributed by atoms with Crippen LogP contribution in [0.15, 0.2) is 38.7 Å². The zero-order chi connectivity index (χ0) is 75.3. The molecule has 35 heteroatoms. The molecule has 21 N–H and O–H groups in total. The first-order chi connectivity index (χ1) is 47.7. The number of guanidine groups is 2. The highest BCUT2D eigenvalue weighted by Crippen LogP contribution is 2.25. The van der Waals surface area contributed by atoms with Crippen LogP contribution < -0.4 is 76.5 Å². The fraction of sp³-hybridized carbons (Fsp3) is 0.682. The van der Waals surface area contributed by atoms with Gasteiger partial charge >= 0.3 is 5.97 Å². The third kappa shape index (κ3) is 27.3. The van der Waals surface area contributed by atoms with E-state index in [1.54, 1.807) is 38.1 Å². The number of carbonyl (C=O) groups excluding carboxylic acids is 12. The number of hydrogen-bond acceptors (Lipinski definition) is 17. The second-order valence-corrected chi connectivity index (χ2v) is 27.7. The minimum Gasteiger partial charge on any atom is -0.480 e. The van der Waals surface area contributed by atoms with Crippen LogP contribution in [0.1, 0.15) is 163 Å². The van der Waals surface area contributed by atoms with Gasteiger partial charge in [-0.3, -0.25) is 67.5 Å².